The fourth-order valence-corrected chi connectivity index (χ4v) is 3.77. The van der Waals surface area contributed by atoms with Crippen molar-refractivity contribution in [2.24, 2.45) is 0 Å². The molecule has 0 bridgehead atoms. The van der Waals surface area contributed by atoms with Crippen LogP contribution in [-0.4, -0.2) is 0 Å². The van der Waals surface area contributed by atoms with Crippen LogP contribution in [0.2, 0.25) is 0 Å². The molecule has 0 spiro atoms. The van der Waals surface area contributed by atoms with Crippen molar-refractivity contribution in [3.05, 3.63) is 55.9 Å². The summed E-state index contributed by atoms with van der Waals surface area (Å²) in [6, 6.07) is 8.23. The molecular formula is C13H11Br3O. The first-order valence-corrected chi connectivity index (χ1v) is 7.65. The number of furan rings is 1. The van der Waals surface area contributed by atoms with Crippen molar-refractivity contribution < 1.29 is 4.42 Å². The van der Waals surface area contributed by atoms with Gasteiger partial charge in [0, 0.05) is 14.5 Å². The van der Waals surface area contributed by atoms with E-state index in [1.165, 1.54) is 11.1 Å². The molecule has 0 saturated carbocycles. The second kappa shape index (κ2) is 5.29. The summed E-state index contributed by atoms with van der Waals surface area (Å²) >= 11 is 10.8. The molecule has 0 saturated heterocycles. The van der Waals surface area contributed by atoms with Gasteiger partial charge in [0.2, 0.25) is 0 Å². The number of aryl methyl sites for hydroxylation is 2. The first-order chi connectivity index (χ1) is 7.99. The molecule has 1 nitrogen and oxygen atoms in total. The molecule has 0 aliphatic carbocycles. The lowest BCUT2D eigenvalue weighted by atomic mass is 10.1. The largest absolute Gasteiger partial charge is 0.466 e. The average Bonchev–Trinajstić information content (AvgIpc) is 2.60. The topological polar surface area (TPSA) is 13.1 Å². The van der Waals surface area contributed by atoms with Gasteiger partial charge in [-0.15, -0.1) is 0 Å². The Labute approximate surface area is 126 Å². The quantitative estimate of drug-likeness (QED) is 0.548. The van der Waals surface area contributed by atoms with Gasteiger partial charge in [-0.05, 0) is 43.7 Å². The fraction of sp³-hybridized carbons (Fsp3) is 0.231. The number of hydrogen-bond donors (Lipinski definition) is 0. The van der Waals surface area contributed by atoms with E-state index in [0.29, 0.717) is 0 Å². The second-order valence-electron chi connectivity index (χ2n) is 3.90. The first-order valence-electron chi connectivity index (χ1n) is 5.15. The molecule has 17 heavy (non-hydrogen) atoms. The SMILES string of the molecule is Cc1cc(C(Br)c2cc(Br)ccc2Br)c(C)o1. The highest BCUT2D eigenvalue weighted by Gasteiger charge is 2.18. The summed E-state index contributed by atoms with van der Waals surface area (Å²) in [4.78, 5) is 0.131. The standard InChI is InChI=1S/C13H11Br3O/c1-7-5-10(8(2)17-7)13(16)11-6-9(14)3-4-12(11)15/h3-6,13H,1-2H3. The normalized spacial score (nSPS) is 12.8. The van der Waals surface area contributed by atoms with E-state index >= 15 is 0 Å². The van der Waals surface area contributed by atoms with Gasteiger partial charge in [-0.3, -0.25) is 0 Å². The van der Waals surface area contributed by atoms with Crippen molar-refractivity contribution in [2.45, 2.75) is 18.7 Å². The molecule has 0 aliphatic rings. The van der Waals surface area contributed by atoms with Crippen LogP contribution in [0.3, 0.4) is 0 Å². The van der Waals surface area contributed by atoms with E-state index in [-0.39, 0.29) is 4.83 Å². The number of rotatable bonds is 2. The molecule has 2 aromatic rings. The maximum atomic E-state index is 5.57. The third-order valence-corrected chi connectivity index (χ3v) is 4.79. The van der Waals surface area contributed by atoms with Gasteiger partial charge in [-0.2, -0.15) is 0 Å². The highest BCUT2D eigenvalue weighted by molar-refractivity contribution is 9.11. The minimum absolute atomic E-state index is 0.131. The smallest absolute Gasteiger partial charge is 0.105 e. The zero-order valence-corrected chi connectivity index (χ0v) is 14.2. The van der Waals surface area contributed by atoms with Crippen LogP contribution in [0.5, 0.6) is 0 Å². The molecule has 1 unspecified atom stereocenters. The molecule has 0 amide bonds. The monoisotopic (exact) mass is 420 g/mol. The predicted molar refractivity (Wildman–Crippen MR) is 80.8 cm³/mol. The summed E-state index contributed by atoms with van der Waals surface area (Å²) in [7, 11) is 0. The fourth-order valence-electron chi connectivity index (χ4n) is 1.78. The molecule has 90 valence electrons. The van der Waals surface area contributed by atoms with E-state index in [1.807, 2.05) is 26.0 Å². The van der Waals surface area contributed by atoms with Gasteiger partial charge in [0.1, 0.15) is 11.5 Å². The summed E-state index contributed by atoms with van der Waals surface area (Å²) in [5, 5.41) is 0. The van der Waals surface area contributed by atoms with E-state index in [1.54, 1.807) is 0 Å². The molecule has 0 N–H and O–H groups in total. The summed E-state index contributed by atoms with van der Waals surface area (Å²) < 4.78 is 7.72. The third-order valence-electron chi connectivity index (χ3n) is 2.58. The Kier molecular flexibility index (Phi) is 4.16. The highest BCUT2D eigenvalue weighted by atomic mass is 79.9. The lowest BCUT2D eigenvalue weighted by Crippen LogP contribution is -1.94. The predicted octanol–water partition coefficient (Wildman–Crippen LogP) is 5.91. The van der Waals surface area contributed by atoms with Gasteiger partial charge in [-0.1, -0.05) is 47.8 Å². The number of alkyl halides is 1. The maximum absolute atomic E-state index is 5.57. The molecule has 1 aromatic carbocycles. The van der Waals surface area contributed by atoms with Crippen LogP contribution in [0.15, 0.2) is 37.6 Å². The van der Waals surface area contributed by atoms with Gasteiger partial charge in [0.15, 0.2) is 0 Å². The van der Waals surface area contributed by atoms with Gasteiger partial charge in [0.05, 0.1) is 4.83 Å². The van der Waals surface area contributed by atoms with E-state index in [4.69, 9.17) is 4.42 Å². The number of halogens is 3. The van der Waals surface area contributed by atoms with E-state index in [9.17, 15) is 0 Å². The van der Waals surface area contributed by atoms with Crippen molar-refractivity contribution in [1.82, 2.24) is 0 Å². The zero-order valence-electron chi connectivity index (χ0n) is 9.43. The van der Waals surface area contributed by atoms with E-state index in [0.717, 1.165) is 20.5 Å². The number of hydrogen-bond acceptors (Lipinski definition) is 1. The second-order valence-corrected chi connectivity index (χ2v) is 6.58. The van der Waals surface area contributed by atoms with Crippen LogP contribution in [0.25, 0.3) is 0 Å². The molecule has 4 heteroatoms. The van der Waals surface area contributed by atoms with Crippen LogP contribution in [0.4, 0.5) is 0 Å². The Morgan fingerprint density at radius 1 is 1.06 bits per heavy atom. The minimum Gasteiger partial charge on any atom is -0.466 e. The van der Waals surface area contributed by atoms with Crippen LogP contribution >= 0.6 is 47.8 Å². The van der Waals surface area contributed by atoms with Crippen LogP contribution in [-0.2, 0) is 0 Å². The van der Waals surface area contributed by atoms with Crippen molar-refractivity contribution in [1.29, 1.82) is 0 Å². The van der Waals surface area contributed by atoms with Gasteiger partial charge in [-0.25, -0.2) is 0 Å². The van der Waals surface area contributed by atoms with Gasteiger partial charge in [0.25, 0.3) is 0 Å². The Morgan fingerprint density at radius 3 is 2.35 bits per heavy atom. The third kappa shape index (κ3) is 2.85. The van der Waals surface area contributed by atoms with Crippen molar-refractivity contribution in [3.63, 3.8) is 0 Å². The molecule has 0 aliphatic heterocycles. The lowest BCUT2D eigenvalue weighted by Gasteiger charge is -2.12. The molecule has 0 radical (unpaired) electrons. The van der Waals surface area contributed by atoms with Crippen LogP contribution < -0.4 is 0 Å². The first kappa shape index (κ1) is 13.4. The van der Waals surface area contributed by atoms with Crippen LogP contribution in [0.1, 0.15) is 27.5 Å². The molecular weight excluding hydrogens is 412 g/mol. The molecule has 1 aromatic heterocycles. The van der Waals surface area contributed by atoms with Gasteiger partial charge >= 0.3 is 0 Å². The summed E-state index contributed by atoms with van der Waals surface area (Å²) in [5.41, 5.74) is 2.35. The summed E-state index contributed by atoms with van der Waals surface area (Å²) in [6.45, 7) is 3.95. The summed E-state index contributed by atoms with van der Waals surface area (Å²) in [5.74, 6) is 1.89. The summed E-state index contributed by atoms with van der Waals surface area (Å²) in [6.07, 6.45) is 0. The van der Waals surface area contributed by atoms with E-state index < -0.39 is 0 Å². The molecule has 1 heterocycles. The zero-order chi connectivity index (χ0) is 12.6. The Balaban J connectivity index is 2.46. The molecule has 0 fully saturated rings. The lowest BCUT2D eigenvalue weighted by molar-refractivity contribution is 0.502. The number of benzene rings is 1. The van der Waals surface area contributed by atoms with Crippen molar-refractivity contribution >= 4 is 47.8 Å². The van der Waals surface area contributed by atoms with Crippen molar-refractivity contribution in [2.75, 3.05) is 0 Å². The van der Waals surface area contributed by atoms with E-state index in [2.05, 4.69) is 59.9 Å². The maximum Gasteiger partial charge on any atom is 0.105 e. The molecule has 1 atom stereocenters. The molecule has 2 rings (SSSR count). The van der Waals surface area contributed by atoms with Gasteiger partial charge < -0.3 is 4.42 Å². The Bertz CT molecular complexity index is 546. The Morgan fingerprint density at radius 2 is 1.76 bits per heavy atom. The van der Waals surface area contributed by atoms with Crippen molar-refractivity contribution in [3.8, 4) is 0 Å². The minimum atomic E-state index is 0.131. The van der Waals surface area contributed by atoms with Crippen LogP contribution in [0, 0.1) is 13.8 Å². The average molecular weight is 423 g/mol. The highest BCUT2D eigenvalue weighted by Crippen LogP contribution is 2.39. The Hall–Kier alpha value is -0.0600.